The molecule has 112 valence electrons. The molecular weight excluding hydrogens is 272 g/mol. The molecular formula is C15H18N2O4. The van der Waals surface area contributed by atoms with Crippen molar-refractivity contribution in [3.8, 4) is 0 Å². The number of benzene rings is 1. The minimum absolute atomic E-state index is 0.0642. The number of nitrogens with one attached hydrogen (secondary N) is 1. The van der Waals surface area contributed by atoms with Gasteiger partial charge in [0.15, 0.2) is 0 Å². The number of likely N-dealkylation sites (tertiary alicyclic amines) is 1. The molecule has 2 N–H and O–H groups in total. The SMILES string of the molecule is CNC(=O)[C@H]1CCCCN1C(=O)c1cccc(C(=O)O)c1. The second-order valence-corrected chi connectivity index (χ2v) is 5.01. The molecule has 1 heterocycles. The van der Waals surface area contributed by atoms with Gasteiger partial charge in [0.25, 0.3) is 5.91 Å². The highest BCUT2D eigenvalue weighted by molar-refractivity contribution is 5.99. The Balaban J connectivity index is 2.26. The van der Waals surface area contributed by atoms with E-state index in [1.165, 1.54) is 23.1 Å². The maximum atomic E-state index is 12.6. The zero-order chi connectivity index (χ0) is 15.4. The third-order valence-corrected chi connectivity index (χ3v) is 3.67. The second-order valence-electron chi connectivity index (χ2n) is 5.01. The highest BCUT2D eigenvalue weighted by Crippen LogP contribution is 2.20. The van der Waals surface area contributed by atoms with Crippen LogP contribution >= 0.6 is 0 Å². The standard InChI is InChI=1S/C15H18N2O4/c1-16-13(18)12-7-2-3-8-17(12)14(19)10-5-4-6-11(9-10)15(20)21/h4-6,9,12H,2-3,7-8H2,1H3,(H,16,18)(H,20,21)/t12-/m1/s1. The Morgan fingerprint density at radius 1 is 1.24 bits per heavy atom. The van der Waals surface area contributed by atoms with Gasteiger partial charge in [-0.1, -0.05) is 6.07 Å². The van der Waals surface area contributed by atoms with Gasteiger partial charge in [0.05, 0.1) is 5.56 Å². The summed E-state index contributed by atoms with van der Waals surface area (Å²) in [5, 5.41) is 11.6. The molecule has 0 bridgehead atoms. The minimum atomic E-state index is -1.08. The maximum absolute atomic E-state index is 12.6. The Morgan fingerprint density at radius 3 is 2.62 bits per heavy atom. The molecule has 0 aliphatic carbocycles. The number of carboxylic acids is 1. The van der Waals surface area contributed by atoms with Crippen LogP contribution in [-0.4, -0.2) is 47.4 Å². The van der Waals surface area contributed by atoms with Crippen LogP contribution in [0.1, 0.15) is 40.0 Å². The molecule has 1 aliphatic heterocycles. The predicted molar refractivity (Wildman–Crippen MR) is 76.1 cm³/mol. The molecule has 21 heavy (non-hydrogen) atoms. The van der Waals surface area contributed by atoms with E-state index in [4.69, 9.17) is 5.11 Å². The lowest BCUT2D eigenvalue weighted by atomic mass is 9.99. The van der Waals surface area contributed by atoms with Crippen molar-refractivity contribution in [2.24, 2.45) is 0 Å². The molecule has 1 aromatic rings. The molecule has 0 spiro atoms. The summed E-state index contributed by atoms with van der Waals surface area (Å²) < 4.78 is 0. The fourth-order valence-corrected chi connectivity index (χ4v) is 2.56. The number of carbonyl (C=O) groups is 3. The number of hydrogen-bond donors (Lipinski definition) is 2. The van der Waals surface area contributed by atoms with Gasteiger partial charge in [0.2, 0.25) is 5.91 Å². The molecule has 1 aliphatic rings. The van der Waals surface area contributed by atoms with Crippen molar-refractivity contribution >= 4 is 17.8 Å². The quantitative estimate of drug-likeness (QED) is 0.873. The topological polar surface area (TPSA) is 86.7 Å². The lowest BCUT2D eigenvalue weighted by molar-refractivity contribution is -0.126. The minimum Gasteiger partial charge on any atom is -0.478 e. The first-order chi connectivity index (χ1) is 10.0. The van der Waals surface area contributed by atoms with Gasteiger partial charge in [-0.15, -0.1) is 0 Å². The monoisotopic (exact) mass is 290 g/mol. The number of hydrogen-bond acceptors (Lipinski definition) is 3. The van der Waals surface area contributed by atoms with E-state index in [2.05, 4.69) is 5.32 Å². The van der Waals surface area contributed by atoms with Crippen molar-refractivity contribution in [2.45, 2.75) is 25.3 Å². The number of rotatable bonds is 3. The van der Waals surface area contributed by atoms with Gasteiger partial charge in [-0.05, 0) is 37.5 Å². The van der Waals surface area contributed by atoms with Crippen molar-refractivity contribution in [3.63, 3.8) is 0 Å². The van der Waals surface area contributed by atoms with Gasteiger partial charge < -0.3 is 15.3 Å². The van der Waals surface area contributed by atoms with Gasteiger partial charge in [-0.25, -0.2) is 4.79 Å². The molecule has 0 saturated carbocycles. The average molecular weight is 290 g/mol. The van der Waals surface area contributed by atoms with E-state index in [-0.39, 0.29) is 17.4 Å². The number of aromatic carboxylic acids is 1. The molecule has 0 aromatic heterocycles. The Kier molecular flexibility index (Phi) is 4.57. The van der Waals surface area contributed by atoms with Gasteiger partial charge in [-0.3, -0.25) is 9.59 Å². The van der Waals surface area contributed by atoms with Gasteiger partial charge in [-0.2, -0.15) is 0 Å². The van der Waals surface area contributed by atoms with E-state index >= 15 is 0 Å². The zero-order valence-electron chi connectivity index (χ0n) is 11.8. The van der Waals surface area contributed by atoms with Crippen LogP contribution < -0.4 is 5.32 Å². The fourth-order valence-electron chi connectivity index (χ4n) is 2.56. The molecule has 6 heteroatoms. The lowest BCUT2D eigenvalue weighted by Gasteiger charge is -2.34. The third-order valence-electron chi connectivity index (χ3n) is 3.67. The van der Waals surface area contributed by atoms with Crippen LogP contribution in [0, 0.1) is 0 Å². The summed E-state index contributed by atoms with van der Waals surface area (Å²) in [5.41, 5.74) is 0.361. The van der Waals surface area contributed by atoms with Crippen LogP contribution in [0.4, 0.5) is 0 Å². The first-order valence-corrected chi connectivity index (χ1v) is 6.90. The molecule has 2 rings (SSSR count). The van der Waals surface area contributed by atoms with Gasteiger partial charge in [0, 0.05) is 19.2 Å². The number of nitrogens with zero attached hydrogens (tertiary/aromatic N) is 1. The molecule has 1 aromatic carbocycles. The van der Waals surface area contributed by atoms with Crippen molar-refractivity contribution in [2.75, 3.05) is 13.6 Å². The normalized spacial score (nSPS) is 18.1. The van der Waals surface area contributed by atoms with Crippen LogP contribution in [0.3, 0.4) is 0 Å². The van der Waals surface area contributed by atoms with Crippen LogP contribution in [0.15, 0.2) is 24.3 Å². The number of amides is 2. The van der Waals surface area contributed by atoms with E-state index in [0.29, 0.717) is 18.5 Å². The average Bonchev–Trinajstić information content (AvgIpc) is 2.53. The molecule has 1 saturated heterocycles. The zero-order valence-corrected chi connectivity index (χ0v) is 11.8. The summed E-state index contributed by atoms with van der Waals surface area (Å²) in [7, 11) is 1.55. The van der Waals surface area contributed by atoms with Crippen molar-refractivity contribution in [3.05, 3.63) is 35.4 Å². The number of carbonyl (C=O) groups excluding carboxylic acids is 2. The molecule has 0 unspecified atom stereocenters. The molecule has 1 atom stereocenters. The lowest BCUT2D eigenvalue weighted by Crippen LogP contribution is -2.51. The molecule has 0 radical (unpaired) electrons. The van der Waals surface area contributed by atoms with Crippen LogP contribution in [-0.2, 0) is 4.79 Å². The van der Waals surface area contributed by atoms with Crippen LogP contribution in [0.2, 0.25) is 0 Å². The summed E-state index contributed by atoms with van der Waals surface area (Å²) >= 11 is 0. The molecule has 1 fully saturated rings. The summed E-state index contributed by atoms with van der Waals surface area (Å²) in [5.74, 6) is -1.56. The first-order valence-electron chi connectivity index (χ1n) is 6.90. The smallest absolute Gasteiger partial charge is 0.335 e. The van der Waals surface area contributed by atoms with Crippen LogP contribution in [0.25, 0.3) is 0 Å². The van der Waals surface area contributed by atoms with Crippen molar-refractivity contribution in [1.29, 1.82) is 0 Å². The molecule has 6 nitrogen and oxygen atoms in total. The maximum Gasteiger partial charge on any atom is 0.335 e. The van der Waals surface area contributed by atoms with Crippen molar-refractivity contribution < 1.29 is 19.5 Å². The second kappa shape index (κ2) is 6.39. The predicted octanol–water partition coefficient (Wildman–Crippen LogP) is 1.13. The molecule has 2 amide bonds. The highest BCUT2D eigenvalue weighted by atomic mass is 16.4. The largest absolute Gasteiger partial charge is 0.478 e. The summed E-state index contributed by atoms with van der Waals surface area (Å²) in [6, 6.07) is 5.41. The summed E-state index contributed by atoms with van der Waals surface area (Å²) in [6.07, 6.45) is 2.37. The van der Waals surface area contributed by atoms with Crippen molar-refractivity contribution in [1.82, 2.24) is 10.2 Å². The van der Waals surface area contributed by atoms with Gasteiger partial charge >= 0.3 is 5.97 Å². The van der Waals surface area contributed by atoms with E-state index in [1.54, 1.807) is 13.1 Å². The number of carboxylic acid groups (broad SMARTS) is 1. The first kappa shape index (κ1) is 15.0. The summed E-state index contributed by atoms with van der Waals surface area (Å²) in [4.78, 5) is 37.0. The Morgan fingerprint density at radius 2 is 1.95 bits per heavy atom. The van der Waals surface area contributed by atoms with Gasteiger partial charge in [0.1, 0.15) is 6.04 Å². The number of likely N-dealkylation sites (N-methyl/N-ethyl adjacent to an activating group) is 1. The fraction of sp³-hybridized carbons (Fsp3) is 0.400. The van der Waals surface area contributed by atoms with Crippen LogP contribution in [0.5, 0.6) is 0 Å². The van der Waals surface area contributed by atoms with E-state index in [1.807, 2.05) is 0 Å². The highest BCUT2D eigenvalue weighted by Gasteiger charge is 2.32. The van der Waals surface area contributed by atoms with E-state index in [9.17, 15) is 14.4 Å². The number of piperidine rings is 1. The summed E-state index contributed by atoms with van der Waals surface area (Å²) in [6.45, 7) is 0.508. The third kappa shape index (κ3) is 3.21. The van der Waals surface area contributed by atoms with E-state index < -0.39 is 12.0 Å². The Bertz CT molecular complexity index is 571. The Labute approximate surface area is 122 Å². The Hall–Kier alpha value is -2.37. The van der Waals surface area contributed by atoms with E-state index in [0.717, 1.165) is 12.8 Å².